The number of aromatic nitrogens is 5. The standard InChI is InChI=1S/C31H42N6O5/c1-7-8-25(29(38)41-6)26(28-33-34-35-37(28)19-21-9-12-24(40-5)13-10-21)17-22-11-14-27(32-18-22)23-15-16-36(20-23)30(39)42-31(2,3)4/h9-14,18,23,25-26H,7-8,15-17,19-20H2,1-6H3/t23?,25-,26-/m0/s1. The Morgan fingerprint density at radius 2 is 1.81 bits per heavy atom. The van der Waals surface area contributed by atoms with Gasteiger partial charge in [0.2, 0.25) is 0 Å². The number of rotatable bonds is 11. The van der Waals surface area contributed by atoms with Gasteiger partial charge in [0.1, 0.15) is 11.4 Å². The van der Waals surface area contributed by atoms with Crippen LogP contribution in [0.25, 0.3) is 0 Å². The molecule has 0 aliphatic carbocycles. The van der Waals surface area contributed by atoms with Crippen molar-refractivity contribution in [3.8, 4) is 5.75 Å². The van der Waals surface area contributed by atoms with Crippen molar-refractivity contribution in [1.29, 1.82) is 0 Å². The van der Waals surface area contributed by atoms with Crippen molar-refractivity contribution in [2.45, 2.75) is 77.4 Å². The van der Waals surface area contributed by atoms with E-state index in [9.17, 15) is 9.59 Å². The van der Waals surface area contributed by atoms with Crippen molar-refractivity contribution in [1.82, 2.24) is 30.1 Å². The van der Waals surface area contributed by atoms with Gasteiger partial charge in [-0.1, -0.05) is 31.5 Å². The molecule has 226 valence electrons. The number of likely N-dealkylation sites (tertiary alicyclic amines) is 1. The second-order valence-corrected chi connectivity index (χ2v) is 11.8. The number of methoxy groups -OCH3 is 2. The quantitative estimate of drug-likeness (QED) is 0.296. The molecule has 0 bridgehead atoms. The van der Waals surface area contributed by atoms with Gasteiger partial charge < -0.3 is 19.1 Å². The highest BCUT2D eigenvalue weighted by molar-refractivity contribution is 5.73. The zero-order valence-electron chi connectivity index (χ0n) is 25.4. The van der Waals surface area contributed by atoms with Crippen molar-refractivity contribution in [3.63, 3.8) is 0 Å². The molecule has 1 amide bonds. The van der Waals surface area contributed by atoms with Crippen molar-refractivity contribution < 1.29 is 23.8 Å². The number of benzene rings is 1. The van der Waals surface area contributed by atoms with Gasteiger partial charge in [-0.05, 0) is 79.8 Å². The molecular formula is C31H42N6O5. The number of tetrazole rings is 1. The first-order chi connectivity index (χ1) is 20.1. The van der Waals surface area contributed by atoms with Gasteiger partial charge in [-0.15, -0.1) is 5.10 Å². The van der Waals surface area contributed by atoms with E-state index in [1.807, 2.05) is 70.3 Å². The monoisotopic (exact) mass is 578 g/mol. The predicted octanol–water partition coefficient (Wildman–Crippen LogP) is 4.77. The fourth-order valence-corrected chi connectivity index (χ4v) is 5.40. The van der Waals surface area contributed by atoms with E-state index in [4.69, 9.17) is 19.2 Å². The molecule has 0 radical (unpaired) electrons. The van der Waals surface area contributed by atoms with E-state index in [0.717, 1.165) is 35.4 Å². The van der Waals surface area contributed by atoms with E-state index in [2.05, 4.69) is 15.5 Å². The lowest BCUT2D eigenvalue weighted by molar-refractivity contribution is -0.146. The summed E-state index contributed by atoms with van der Waals surface area (Å²) in [4.78, 5) is 32.0. The number of hydrogen-bond acceptors (Lipinski definition) is 9. The maximum atomic E-state index is 13.0. The Labute approximate surface area is 247 Å². The van der Waals surface area contributed by atoms with Gasteiger partial charge in [-0.2, -0.15) is 0 Å². The molecular weight excluding hydrogens is 536 g/mol. The van der Waals surface area contributed by atoms with Gasteiger partial charge in [0.15, 0.2) is 5.82 Å². The van der Waals surface area contributed by atoms with Crippen LogP contribution in [0.1, 0.15) is 81.4 Å². The molecule has 3 atom stereocenters. The summed E-state index contributed by atoms with van der Waals surface area (Å²) in [6.45, 7) is 9.32. The third kappa shape index (κ3) is 7.83. The number of carbonyl (C=O) groups is 2. The number of esters is 1. The van der Waals surface area contributed by atoms with Crippen LogP contribution in [0, 0.1) is 5.92 Å². The van der Waals surface area contributed by atoms with Gasteiger partial charge in [-0.25, -0.2) is 9.48 Å². The summed E-state index contributed by atoms with van der Waals surface area (Å²) in [6, 6.07) is 11.8. The Hall–Kier alpha value is -4.02. The lowest BCUT2D eigenvalue weighted by Gasteiger charge is -2.25. The molecule has 4 rings (SSSR count). The molecule has 11 heteroatoms. The van der Waals surface area contributed by atoms with Crippen molar-refractivity contribution in [3.05, 3.63) is 65.2 Å². The van der Waals surface area contributed by atoms with Gasteiger partial charge in [-0.3, -0.25) is 9.78 Å². The molecule has 1 aliphatic rings. The Kier molecular flexibility index (Phi) is 10.1. The second kappa shape index (κ2) is 13.8. The molecule has 1 unspecified atom stereocenters. The molecule has 1 aromatic carbocycles. The molecule has 0 N–H and O–H groups in total. The molecule has 11 nitrogen and oxygen atoms in total. The van der Waals surface area contributed by atoms with Crippen LogP contribution in [-0.4, -0.2) is 75.1 Å². The summed E-state index contributed by atoms with van der Waals surface area (Å²) in [6.07, 6.45) is 4.36. The lowest BCUT2D eigenvalue weighted by atomic mass is 9.83. The highest BCUT2D eigenvalue weighted by Crippen LogP contribution is 2.33. The average Bonchev–Trinajstić information content (AvgIpc) is 3.65. The zero-order valence-corrected chi connectivity index (χ0v) is 25.4. The van der Waals surface area contributed by atoms with E-state index < -0.39 is 11.5 Å². The van der Waals surface area contributed by atoms with Crippen LogP contribution in [0.4, 0.5) is 4.79 Å². The van der Waals surface area contributed by atoms with E-state index in [0.29, 0.717) is 38.3 Å². The zero-order chi connectivity index (χ0) is 30.3. The van der Waals surface area contributed by atoms with Crippen molar-refractivity contribution in [2.75, 3.05) is 27.3 Å². The minimum Gasteiger partial charge on any atom is -0.497 e. The Morgan fingerprint density at radius 1 is 1.07 bits per heavy atom. The first-order valence-electron chi connectivity index (χ1n) is 14.5. The summed E-state index contributed by atoms with van der Waals surface area (Å²) in [7, 11) is 3.05. The molecule has 0 spiro atoms. The maximum Gasteiger partial charge on any atom is 0.410 e. The average molecular weight is 579 g/mol. The third-order valence-corrected chi connectivity index (χ3v) is 7.53. The third-order valence-electron chi connectivity index (χ3n) is 7.53. The molecule has 0 saturated carbocycles. The predicted molar refractivity (Wildman–Crippen MR) is 156 cm³/mol. The smallest absolute Gasteiger partial charge is 0.410 e. The number of ether oxygens (including phenoxy) is 3. The highest BCUT2D eigenvalue weighted by atomic mass is 16.6. The fourth-order valence-electron chi connectivity index (χ4n) is 5.40. The summed E-state index contributed by atoms with van der Waals surface area (Å²) < 4.78 is 17.8. The first-order valence-corrected chi connectivity index (χ1v) is 14.5. The summed E-state index contributed by atoms with van der Waals surface area (Å²) in [5.74, 6) is 0.529. The van der Waals surface area contributed by atoms with Crippen LogP contribution in [0.5, 0.6) is 5.75 Å². The number of carbonyl (C=O) groups excluding carboxylic acids is 2. The molecule has 1 aliphatic heterocycles. The largest absolute Gasteiger partial charge is 0.497 e. The second-order valence-electron chi connectivity index (χ2n) is 11.8. The van der Waals surface area contributed by atoms with Crippen molar-refractivity contribution in [2.24, 2.45) is 5.92 Å². The fraction of sp³-hybridized carbons (Fsp3) is 0.548. The van der Waals surface area contributed by atoms with Gasteiger partial charge in [0.05, 0.1) is 26.7 Å². The minimum absolute atomic E-state index is 0.141. The van der Waals surface area contributed by atoms with Crippen LogP contribution in [0.3, 0.4) is 0 Å². The van der Waals surface area contributed by atoms with Crippen LogP contribution >= 0.6 is 0 Å². The summed E-state index contributed by atoms with van der Waals surface area (Å²) in [5, 5.41) is 12.6. The molecule has 3 heterocycles. The van der Waals surface area contributed by atoms with Crippen molar-refractivity contribution >= 4 is 12.1 Å². The summed E-state index contributed by atoms with van der Waals surface area (Å²) in [5.41, 5.74) is 2.38. The molecule has 2 aromatic heterocycles. The normalized spacial score (nSPS) is 16.6. The number of nitrogens with zero attached hydrogens (tertiary/aromatic N) is 6. The van der Waals surface area contributed by atoms with E-state index in [1.54, 1.807) is 16.7 Å². The van der Waals surface area contributed by atoms with E-state index >= 15 is 0 Å². The number of amides is 1. The first kappa shape index (κ1) is 30.9. The van der Waals surface area contributed by atoms with E-state index in [-0.39, 0.29) is 23.9 Å². The topological polar surface area (TPSA) is 122 Å². The molecule has 1 fully saturated rings. The van der Waals surface area contributed by atoms with Crippen LogP contribution < -0.4 is 4.74 Å². The van der Waals surface area contributed by atoms with Gasteiger partial charge in [0.25, 0.3) is 0 Å². The minimum atomic E-state index is -0.528. The Bertz CT molecular complexity index is 1320. The number of hydrogen-bond donors (Lipinski definition) is 0. The van der Waals surface area contributed by atoms with Gasteiger partial charge in [0, 0.05) is 36.8 Å². The van der Waals surface area contributed by atoms with E-state index in [1.165, 1.54) is 7.11 Å². The highest BCUT2D eigenvalue weighted by Gasteiger charge is 2.35. The summed E-state index contributed by atoms with van der Waals surface area (Å²) >= 11 is 0. The molecule has 42 heavy (non-hydrogen) atoms. The molecule has 1 saturated heterocycles. The Morgan fingerprint density at radius 3 is 2.43 bits per heavy atom. The Balaban J connectivity index is 1.54. The lowest BCUT2D eigenvalue weighted by Crippen LogP contribution is -2.35. The van der Waals surface area contributed by atoms with Crippen LogP contribution in [0.15, 0.2) is 42.6 Å². The maximum absolute atomic E-state index is 13.0. The van der Waals surface area contributed by atoms with Gasteiger partial charge >= 0.3 is 12.1 Å². The SMILES string of the molecule is CCC[C@H](C(=O)OC)[C@H](Cc1ccc(C2CCN(C(=O)OC(C)(C)C)C2)nc1)c1nnnn1Cc1ccc(OC)cc1. The number of pyridine rings is 1. The van der Waals surface area contributed by atoms with Crippen LogP contribution in [-0.2, 0) is 27.2 Å². The van der Waals surface area contributed by atoms with Crippen LogP contribution in [0.2, 0.25) is 0 Å². The molecule has 3 aromatic rings.